The number of carbonyl (C=O) groups is 1. The van der Waals surface area contributed by atoms with Gasteiger partial charge < -0.3 is 18.9 Å². The molecule has 1 aromatic heterocycles. The average Bonchev–Trinajstić information content (AvgIpc) is 3.28. The summed E-state index contributed by atoms with van der Waals surface area (Å²) in [6, 6.07) is 8.22. The highest BCUT2D eigenvalue weighted by Crippen LogP contribution is 2.49. The van der Waals surface area contributed by atoms with E-state index in [2.05, 4.69) is 16.8 Å². The Kier molecular flexibility index (Phi) is 3.64. The number of amides is 1. The second kappa shape index (κ2) is 7.03. The Balaban J connectivity index is 1.57. The van der Waals surface area contributed by atoms with Crippen molar-refractivity contribution in [1.29, 1.82) is 0 Å². The molecule has 6 rings (SSSR count). The molecule has 3 aliphatic rings. The molecule has 3 aliphatic heterocycles. The second-order valence-electron chi connectivity index (χ2n) is 8.89. The maximum atomic E-state index is 13.5. The SMILES string of the molecule is [2H]C([2H])([2H])N1C(=O)c2cccc(OC(F)F)c2[C@H]2C[C@@H]1c1nc3ccc(C#CC4(C)COC4)cc3n12. The van der Waals surface area contributed by atoms with Crippen LogP contribution in [0, 0.1) is 17.3 Å². The van der Waals surface area contributed by atoms with Gasteiger partial charge in [0.15, 0.2) is 0 Å². The number of alkyl halides is 2. The van der Waals surface area contributed by atoms with E-state index < -0.39 is 31.6 Å². The predicted octanol–water partition coefficient (Wildman–Crippen LogP) is 4.15. The lowest BCUT2D eigenvalue weighted by Gasteiger charge is -2.32. The molecule has 1 amide bonds. The van der Waals surface area contributed by atoms with E-state index in [1.54, 1.807) is 6.07 Å². The van der Waals surface area contributed by atoms with Crippen LogP contribution in [0.3, 0.4) is 0 Å². The first-order valence-electron chi connectivity index (χ1n) is 12.1. The highest BCUT2D eigenvalue weighted by Gasteiger charge is 2.45. The number of halogens is 2. The molecule has 0 saturated carbocycles. The van der Waals surface area contributed by atoms with Crippen LogP contribution in [0.15, 0.2) is 36.4 Å². The first kappa shape index (κ1) is 17.1. The van der Waals surface area contributed by atoms with E-state index in [0.29, 0.717) is 30.1 Å². The van der Waals surface area contributed by atoms with E-state index in [0.717, 1.165) is 10.5 Å². The highest BCUT2D eigenvalue weighted by molar-refractivity contribution is 5.97. The zero-order valence-corrected chi connectivity index (χ0v) is 17.6. The Bertz CT molecular complexity index is 1470. The standard InChI is InChI=1S/C25H21F2N3O3/c1-25(12-32-13-25)9-8-14-6-7-16-17(10-14)30-18-11-19(22(30)28-16)29(2)23(31)15-4-3-5-20(21(15)18)33-24(26)27/h3-7,10,18-19,24H,11-13H2,1-2H3/t18-,19-/m1/s1/i2D3. The van der Waals surface area contributed by atoms with Gasteiger partial charge in [-0.3, -0.25) is 4.79 Å². The van der Waals surface area contributed by atoms with Crippen LogP contribution in [0.4, 0.5) is 8.78 Å². The van der Waals surface area contributed by atoms with Crippen molar-refractivity contribution < 1.29 is 27.2 Å². The van der Waals surface area contributed by atoms with E-state index in [4.69, 9.17) is 13.6 Å². The summed E-state index contributed by atoms with van der Waals surface area (Å²) in [6.45, 7) is -2.72. The lowest BCUT2D eigenvalue weighted by Crippen LogP contribution is -2.38. The first-order chi connectivity index (χ1) is 17.1. The number of nitrogens with zero attached hydrogens (tertiary/aromatic N) is 3. The monoisotopic (exact) mass is 452 g/mol. The summed E-state index contributed by atoms with van der Waals surface area (Å²) < 4.78 is 62.7. The Morgan fingerprint density at radius 2 is 2.15 bits per heavy atom. The topological polar surface area (TPSA) is 56.6 Å². The number of hydrogen-bond donors (Lipinski definition) is 0. The maximum Gasteiger partial charge on any atom is 0.387 e. The molecular weight excluding hydrogens is 428 g/mol. The van der Waals surface area contributed by atoms with Gasteiger partial charge in [-0.05, 0) is 37.3 Å². The zero-order valence-electron chi connectivity index (χ0n) is 20.6. The van der Waals surface area contributed by atoms with Crippen LogP contribution in [0.1, 0.15) is 56.8 Å². The molecule has 6 nitrogen and oxygen atoms in total. The van der Waals surface area contributed by atoms with E-state index in [1.165, 1.54) is 18.2 Å². The molecule has 3 aromatic rings. The van der Waals surface area contributed by atoms with E-state index in [1.807, 2.05) is 23.6 Å². The van der Waals surface area contributed by atoms with Crippen molar-refractivity contribution in [3.05, 3.63) is 58.9 Å². The molecule has 2 aromatic carbocycles. The van der Waals surface area contributed by atoms with Gasteiger partial charge in [0.2, 0.25) is 0 Å². The molecule has 168 valence electrons. The molecule has 4 heterocycles. The molecule has 0 N–H and O–H groups in total. The minimum absolute atomic E-state index is 0.0260. The van der Waals surface area contributed by atoms with Gasteiger partial charge in [0.1, 0.15) is 11.6 Å². The number of fused-ring (bicyclic) bond motifs is 9. The molecule has 0 aliphatic carbocycles. The Labute approximate surface area is 193 Å². The predicted molar refractivity (Wildman–Crippen MR) is 116 cm³/mol. The van der Waals surface area contributed by atoms with Crippen LogP contribution in [0.5, 0.6) is 5.75 Å². The summed E-state index contributed by atoms with van der Waals surface area (Å²) in [7, 11) is 0. The number of ether oxygens (including phenoxy) is 2. The van der Waals surface area contributed by atoms with E-state index in [9.17, 15) is 13.6 Å². The number of hydrogen-bond acceptors (Lipinski definition) is 4. The molecule has 2 atom stereocenters. The summed E-state index contributed by atoms with van der Waals surface area (Å²) in [5.41, 5.74) is 2.06. The maximum absolute atomic E-state index is 13.5. The summed E-state index contributed by atoms with van der Waals surface area (Å²) in [5.74, 6) is 5.88. The summed E-state index contributed by atoms with van der Waals surface area (Å²) in [6.07, 6.45) is 0.171. The average molecular weight is 452 g/mol. The zero-order chi connectivity index (χ0) is 25.4. The Morgan fingerprint density at radius 3 is 2.88 bits per heavy atom. The van der Waals surface area contributed by atoms with E-state index >= 15 is 0 Å². The third-order valence-corrected chi connectivity index (χ3v) is 6.50. The second-order valence-corrected chi connectivity index (χ2v) is 8.89. The fourth-order valence-electron chi connectivity index (χ4n) is 4.89. The van der Waals surface area contributed by atoms with Crippen molar-refractivity contribution in [3.8, 4) is 17.6 Å². The van der Waals surface area contributed by atoms with Gasteiger partial charge >= 0.3 is 6.61 Å². The van der Waals surface area contributed by atoms with Crippen molar-refractivity contribution in [2.75, 3.05) is 20.2 Å². The van der Waals surface area contributed by atoms with Crippen LogP contribution in [-0.2, 0) is 4.74 Å². The van der Waals surface area contributed by atoms with Crippen LogP contribution >= 0.6 is 0 Å². The highest BCUT2D eigenvalue weighted by atomic mass is 19.3. The third kappa shape index (κ3) is 3.03. The molecule has 8 heteroatoms. The normalized spacial score (nSPS) is 24.1. The summed E-state index contributed by atoms with van der Waals surface area (Å²) in [4.78, 5) is 19.0. The van der Waals surface area contributed by atoms with Crippen molar-refractivity contribution in [2.45, 2.75) is 32.0 Å². The minimum atomic E-state index is -3.11. The number of carbonyl (C=O) groups excluding carboxylic acids is 1. The van der Waals surface area contributed by atoms with Crippen LogP contribution < -0.4 is 4.74 Å². The first-order valence-corrected chi connectivity index (χ1v) is 10.6. The smallest absolute Gasteiger partial charge is 0.387 e. The molecule has 0 radical (unpaired) electrons. The number of rotatable bonds is 2. The van der Waals surface area contributed by atoms with Crippen molar-refractivity contribution in [3.63, 3.8) is 0 Å². The minimum Gasteiger partial charge on any atom is -0.434 e. The number of aromatic nitrogens is 2. The van der Waals surface area contributed by atoms with Gasteiger partial charge in [-0.2, -0.15) is 8.78 Å². The third-order valence-electron chi connectivity index (χ3n) is 6.50. The fraction of sp³-hybridized carbons (Fsp3) is 0.360. The van der Waals surface area contributed by atoms with Gasteiger partial charge in [-0.25, -0.2) is 4.98 Å². The van der Waals surface area contributed by atoms with Crippen LogP contribution in [-0.4, -0.2) is 47.2 Å². The Morgan fingerprint density at radius 1 is 1.30 bits per heavy atom. The van der Waals surface area contributed by atoms with Gasteiger partial charge in [0, 0.05) is 34.2 Å². The van der Waals surface area contributed by atoms with Crippen molar-refractivity contribution in [2.24, 2.45) is 5.41 Å². The molecule has 33 heavy (non-hydrogen) atoms. The lowest BCUT2D eigenvalue weighted by atomic mass is 9.89. The molecule has 1 saturated heterocycles. The number of benzene rings is 2. The van der Waals surface area contributed by atoms with Crippen LogP contribution in [0.2, 0.25) is 0 Å². The Hall–Kier alpha value is -3.44. The molecular formula is C25H21F2N3O3. The molecule has 1 fully saturated rings. The number of imidazole rings is 1. The molecule has 2 bridgehead atoms. The summed E-state index contributed by atoms with van der Waals surface area (Å²) in [5, 5.41) is 0. The fourth-order valence-corrected chi connectivity index (χ4v) is 4.89. The van der Waals surface area contributed by atoms with Gasteiger partial charge in [0.25, 0.3) is 5.91 Å². The largest absolute Gasteiger partial charge is 0.434 e. The van der Waals surface area contributed by atoms with Crippen molar-refractivity contribution >= 4 is 16.9 Å². The van der Waals surface area contributed by atoms with Gasteiger partial charge in [-0.15, -0.1) is 0 Å². The van der Waals surface area contributed by atoms with Crippen LogP contribution in [0.25, 0.3) is 11.0 Å². The molecule has 0 unspecified atom stereocenters. The van der Waals surface area contributed by atoms with Gasteiger partial charge in [0.05, 0.1) is 41.7 Å². The quantitative estimate of drug-likeness (QED) is 0.549. The summed E-state index contributed by atoms with van der Waals surface area (Å²) >= 11 is 0. The van der Waals surface area contributed by atoms with Crippen molar-refractivity contribution in [1.82, 2.24) is 14.5 Å². The van der Waals surface area contributed by atoms with E-state index in [-0.39, 0.29) is 28.7 Å². The lowest BCUT2D eigenvalue weighted by molar-refractivity contribution is -0.0648. The molecule has 0 spiro atoms. The van der Waals surface area contributed by atoms with Gasteiger partial charge in [-0.1, -0.05) is 17.9 Å².